The zero-order chi connectivity index (χ0) is 17.4. The van der Waals surface area contributed by atoms with Gasteiger partial charge in [0.1, 0.15) is 4.83 Å². The molecule has 1 atom stereocenters. The maximum Gasteiger partial charge on any atom is 0.263 e. The second kappa shape index (κ2) is 6.61. The summed E-state index contributed by atoms with van der Waals surface area (Å²) in [4.78, 5) is 19.6. The predicted molar refractivity (Wildman–Crippen MR) is 101 cm³/mol. The van der Waals surface area contributed by atoms with E-state index in [-0.39, 0.29) is 5.56 Å². The Morgan fingerprint density at radius 3 is 2.84 bits per heavy atom. The van der Waals surface area contributed by atoms with Gasteiger partial charge in [0.15, 0.2) is 0 Å². The first kappa shape index (κ1) is 16.3. The van der Waals surface area contributed by atoms with Gasteiger partial charge in [0.25, 0.3) is 5.56 Å². The van der Waals surface area contributed by atoms with E-state index in [1.807, 2.05) is 30.3 Å². The Balaban J connectivity index is 1.64. The summed E-state index contributed by atoms with van der Waals surface area (Å²) >= 11 is 1.64. The molecular weight excluding hydrogens is 334 g/mol. The third-order valence-electron chi connectivity index (χ3n) is 4.83. The number of nitrogens with zero attached hydrogens (tertiary/aromatic N) is 2. The number of anilines is 1. The van der Waals surface area contributed by atoms with Crippen molar-refractivity contribution >= 4 is 27.5 Å². The van der Waals surface area contributed by atoms with Gasteiger partial charge in [-0.25, -0.2) is 4.98 Å². The molecule has 2 N–H and O–H groups in total. The van der Waals surface area contributed by atoms with Crippen LogP contribution in [0.25, 0.3) is 10.2 Å². The highest BCUT2D eigenvalue weighted by Gasteiger charge is 2.21. The zero-order valence-electron chi connectivity index (χ0n) is 14.2. The Hall–Kier alpha value is -2.18. The first-order valence-corrected chi connectivity index (χ1v) is 9.45. The van der Waals surface area contributed by atoms with Crippen molar-refractivity contribution in [3.63, 3.8) is 0 Å². The highest BCUT2D eigenvalue weighted by atomic mass is 32.1. The first-order valence-electron chi connectivity index (χ1n) is 8.63. The second-order valence-corrected chi connectivity index (χ2v) is 7.58. The van der Waals surface area contributed by atoms with Gasteiger partial charge in [0, 0.05) is 18.5 Å². The summed E-state index contributed by atoms with van der Waals surface area (Å²) in [6.45, 7) is 0.306. The summed E-state index contributed by atoms with van der Waals surface area (Å²) in [5.74, 6) is 0.506. The van der Waals surface area contributed by atoms with Crippen LogP contribution in [0.1, 0.15) is 34.9 Å². The Bertz CT molecular complexity index is 962. The van der Waals surface area contributed by atoms with E-state index in [9.17, 15) is 9.90 Å². The number of aryl methyl sites for hydroxylation is 2. The Kier molecular flexibility index (Phi) is 4.31. The van der Waals surface area contributed by atoms with Crippen LogP contribution in [0, 0.1) is 0 Å². The van der Waals surface area contributed by atoms with Gasteiger partial charge in [0.05, 0.1) is 11.5 Å². The number of aliphatic hydroxyl groups is 1. The van der Waals surface area contributed by atoms with Crippen molar-refractivity contribution in [3.05, 3.63) is 56.7 Å². The maximum atomic E-state index is 12.8. The molecular formula is C19H21N3O2S. The Morgan fingerprint density at radius 2 is 2.04 bits per heavy atom. The molecule has 0 aliphatic heterocycles. The standard InChI is InChI=1S/C19H21N3O2S/c1-22-18(24)16-13-9-5-6-10-15(13)25-17(16)21-19(22)20-11-14(23)12-7-3-2-4-8-12/h2-4,7-8,14,23H,5-6,9-11H2,1H3,(H,20,21). The molecule has 3 aromatic rings. The number of thiophene rings is 1. The number of hydrogen-bond donors (Lipinski definition) is 2. The lowest BCUT2D eigenvalue weighted by Gasteiger charge is -2.15. The predicted octanol–water partition coefficient (Wildman–Crippen LogP) is 3.02. The van der Waals surface area contributed by atoms with Gasteiger partial charge in [-0.2, -0.15) is 0 Å². The molecule has 5 nitrogen and oxygen atoms in total. The summed E-state index contributed by atoms with van der Waals surface area (Å²) in [6.07, 6.45) is 3.71. The Morgan fingerprint density at radius 1 is 1.28 bits per heavy atom. The molecule has 6 heteroatoms. The molecule has 25 heavy (non-hydrogen) atoms. The molecule has 1 unspecified atom stereocenters. The van der Waals surface area contributed by atoms with Gasteiger partial charge >= 0.3 is 0 Å². The molecule has 0 amide bonds. The van der Waals surface area contributed by atoms with Crippen LogP contribution < -0.4 is 10.9 Å². The van der Waals surface area contributed by atoms with Crippen molar-refractivity contribution in [2.45, 2.75) is 31.8 Å². The third kappa shape index (κ3) is 2.96. The van der Waals surface area contributed by atoms with Crippen molar-refractivity contribution in [2.24, 2.45) is 7.05 Å². The van der Waals surface area contributed by atoms with Gasteiger partial charge < -0.3 is 10.4 Å². The minimum absolute atomic E-state index is 0.00102. The lowest BCUT2D eigenvalue weighted by Crippen LogP contribution is -2.24. The molecule has 1 aromatic carbocycles. The highest BCUT2D eigenvalue weighted by Crippen LogP contribution is 2.34. The van der Waals surface area contributed by atoms with Gasteiger partial charge in [-0.15, -0.1) is 11.3 Å². The number of aromatic nitrogens is 2. The van der Waals surface area contributed by atoms with E-state index in [4.69, 9.17) is 0 Å². The quantitative estimate of drug-likeness (QED) is 0.755. The number of aliphatic hydroxyl groups excluding tert-OH is 1. The average Bonchev–Trinajstić information content (AvgIpc) is 3.02. The monoisotopic (exact) mass is 355 g/mol. The van der Waals surface area contributed by atoms with E-state index in [1.165, 1.54) is 16.9 Å². The summed E-state index contributed by atoms with van der Waals surface area (Å²) in [6, 6.07) is 9.48. The maximum absolute atomic E-state index is 12.8. The molecule has 0 spiro atoms. The van der Waals surface area contributed by atoms with Crippen LogP contribution >= 0.6 is 11.3 Å². The first-order chi connectivity index (χ1) is 12.1. The van der Waals surface area contributed by atoms with E-state index in [2.05, 4.69) is 10.3 Å². The number of hydrogen-bond acceptors (Lipinski definition) is 5. The average molecular weight is 355 g/mol. The van der Waals surface area contributed by atoms with Crippen LogP contribution in [-0.4, -0.2) is 21.2 Å². The largest absolute Gasteiger partial charge is 0.387 e. The summed E-state index contributed by atoms with van der Waals surface area (Å²) in [5.41, 5.74) is 2.05. The van der Waals surface area contributed by atoms with Gasteiger partial charge in [-0.1, -0.05) is 30.3 Å². The van der Waals surface area contributed by atoms with Crippen molar-refractivity contribution in [2.75, 3.05) is 11.9 Å². The summed E-state index contributed by atoms with van der Waals surface area (Å²) < 4.78 is 1.56. The fourth-order valence-corrected chi connectivity index (χ4v) is 4.68. The number of benzene rings is 1. The van der Waals surface area contributed by atoms with E-state index in [1.54, 1.807) is 23.0 Å². The molecule has 2 heterocycles. The normalized spacial score (nSPS) is 15.1. The van der Waals surface area contributed by atoms with Crippen molar-refractivity contribution in [1.82, 2.24) is 9.55 Å². The molecule has 1 aliphatic carbocycles. The van der Waals surface area contributed by atoms with Crippen LogP contribution in [0.2, 0.25) is 0 Å². The third-order valence-corrected chi connectivity index (χ3v) is 6.02. The van der Waals surface area contributed by atoms with Crippen LogP contribution in [0.5, 0.6) is 0 Å². The molecule has 0 saturated carbocycles. The van der Waals surface area contributed by atoms with Crippen molar-refractivity contribution in [1.29, 1.82) is 0 Å². The lowest BCUT2D eigenvalue weighted by molar-refractivity contribution is 0.191. The fourth-order valence-electron chi connectivity index (χ4n) is 3.42. The molecule has 2 aromatic heterocycles. The van der Waals surface area contributed by atoms with E-state index in [0.717, 1.165) is 35.0 Å². The SMILES string of the molecule is Cn1c(NCC(O)c2ccccc2)nc2sc3c(c2c1=O)CCCC3. The van der Waals surface area contributed by atoms with E-state index in [0.29, 0.717) is 12.5 Å². The van der Waals surface area contributed by atoms with Gasteiger partial charge in [-0.05, 0) is 36.8 Å². The molecule has 0 radical (unpaired) electrons. The Labute approximate surface area is 150 Å². The minimum Gasteiger partial charge on any atom is -0.387 e. The van der Waals surface area contributed by atoms with Crippen LogP contribution in [0.3, 0.4) is 0 Å². The fraction of sp³-hybridized carbons (Fsp3) is 0.368. The second-order valence-electron chi connectivity index (χ2n) is 6.50. The lowest BCUT2D eigenvalue weighted by atomic mass is 9.97. The zero-order valence-corrected chi connectivity index (χ0v) is 15.0. The van der Waals surface area contributed by atoms with Gasteiger partial charge in [-0.3, -0.25) is 9.36 Å². The summed E-state index contributed by atoms with van der Waals surface area (Å²) in [5, 5.41) is 14.2. The van der Waals surface area contributed by atoms with Gasteiger partial charge in [0.2, 0.25) is 5.95 Å². The van der Waals surface area contributed by atoms with E-state index < -0.39 is 6.10 Å². The molecule has 130 valence electrons. The van der Waals surface area contributed by atoms with Crippen molar-refractivity contribution in [3.8, 4) is 0 Å². The van der Waals surface area contributed by atoms with Crippen molar-refractivity contribution < 1.29 is 5.11 Å². The number of fused-ring (bicyclic) bond motifs is 3. The highest BCUT2D eigenvalue weighted by molar-refractivity contribution is 7.18. The van der Waals surface area contributed by atoms with Crippen LogP contribution in [0.15, 0.2) is 35.1 Å². The topological polar surface area (TPSA) is 67.2 Å². The molecule has 0 saturated heterocycles. The molecule has 4 rings (SSSR count). The van der Waals surface area contributed by atoms with Crippen LogP contribution in [-0.2, 0) is 19.9 Å². The number of nitrogens with one attached hydrogen (secondary N) is 1. The number of rotatable bonds is 4. The van der Waals surface area contributed by atoms with E-state index >= 15 is 0 Å². The molecule has 1 aliphatic rings. The molecule has 0 fully saturated rings. The smallest absolute Gasteiger partial charge is 0.263 e. The van der Waals surface area contributed by atoms with Crippen LogP contribution in [0.4, 0.5) is 5.95 Å². The minimum atomic E-state index is -0.648. The summed E-state index contributed by atoms with van der Waals surface area (Å²) in [7, 11) is 1.74. The molecule has 0 bridgehead atoms.